The van der Waals surface area contributed by atoms with Gasteiger partial charge in [0, 0.05) is 30.8 Å². The van der Waals surface area contributed by atoms with Crippen LogP contribution >= 0.6 is 0 Å². The normalized spacial score (nSPS) is 15.6. The number of hydrogen-bond acceptors (Lipinski definition) is 4. The molecule has 0 aromatic heterocycles. The molecule has 0 saturated carbocycles. The summed E-state index contributed by atoms with van der Waals surface area (Å²) in [6, 6.07) is 4.26. The molecular weight excluding hydrogens is 276 g/mol. The molecular formula is C14H18N2O5. The van der Waals surface area contributed by atoms with Crippen LogP contribution in [0.2, 0.25) is 0 Å². The van der Waals surface area contributed by atoms with Gasteiger partial charge in [0.25, 0.3) is 5.91 Å². The Morgan fingerprint density at radius 2 is 1.95 bits per heavy atom. The van der Waals surface area contributed by atoms with Crippen molar-refractivity contribution in [2.75, 3.05) is 20.2 Å². The number of hydrogen-bond donors (Lipinski definition) is 3. The van der Waals surface area contributed by atoms with Gasteiger partial charge in [-0.3, -0.25) is 4.79 Å². The third kappa shape index (κ3) is 3.77. The van der Waals surface area contributed by atoms with E-state index in [-0.39, 0.29) is 17.7 Å². The zero-order valence-corrected chi connectivity index (χ0v) is 11.7. The maximum absolute atomic E-state index is 12.1. The minimum absolute atomic E-state index is 0.0415. The molecule has 7 nitrogen and oxygen atoms in total. The molecule has 2 amide bonds. The number of phenolic OH excluding ortho intramolecular Hbond substituents is 1. The minimum Gasteiger partial charge on any atom is -0.508 e. The number of ether oxygens (including phenoxy) is 1. The van der Waals surface area contributed by atoms with Crippen LogP contribution in [0.3, 0.4) is 0 Å². The van der Waals surface area contributed by atoms with Crippen molar-refractivity contribution >= 4 is 12.0 Å². The van der Waals surface area contributed by atoms with Gasteiger partial charge in [0.15, 0.2) is 0 Å². The SMILES string of the molecule is COc1cc(O)cc(C(=O)NC2CCN(C(=O)O)CC2)c1. The van der Waals surface area contributed by atoms with Crippen molar-refractivity contribution in [3.63, 3.8) is 0 Å². The highest BCUT2D eigenvalue weighted by Crippen LogP contribution is 2.21. The Bertz CT molecular complexity index is 538. The van der Waals surface area contributed by atoms with Crippen molar-refractivity contribution in [3.8, 4) is 11.5 Å². The first-order valence-corrected chi connectivity index (χ1v) is 6.66. The van der Waals surface area contributed by atoms with Crippen LogP contribution in [-0.2, 0) is 0 Å². The number of piperidine rings is 1. The maximum atomic E-state index is 12.1. The van der Waals surface area contributed by atoms with Crippen LogP contribution in [0.5, 0.6) is 11.5 Å². The topological polar surface area (TPSA) is 99.1 Å². The van der Waals surface area contributed by atoms with Gasteiger partial charge in [-0.25, -0.2) is 4.79 Å². The summed E-state index contributed by atoms with van der Waals surface area (Å²) in [5.41, 5.74) is 0.313. The predicted molar refractivity (Wildman–Crippen MR) is 74.7 cm³/mol. The van der Waals surface area contributed by atoms with Crippen molar-refractivity contribution < 1.29 is 24.5 Å². The molecule has 1 aliphatic heterocycles. The van der Waals surface area contributed by atoms with Gasteiger partial charge in [-0.15, -0.1) is 0 Å². The Kier molecular flexibility index (Phi) is 4.52. The lowest BCUT2D eigenvalue weighted by Crippen LogP contribution is -2.46. The smallest absolute Gasteiger partial charge is 0.407 e. The average Bonchev–Trinajstić information content (AvgIpc) is 2.47. The van der Waals surface area contributed by atoms with Crippen LogP contribution in [0.15, 0.2) is 18.2 Å². The zero-order chi connectivity index (χ0) is 15.4. The van der Waals surface area contributed by atoms with E-state index in [0.29, 0.717) is 37.2 Å². The minimum atomic E-state index is -0.933. The van der Waals surface area contributed by atoms with Crippen molar-refractivity contribution in [3.05, 3.63) is 23.8 Å². The lowest BCUT2D eigenvalue weighted by molar-refractivity contribution is 0.0906. The van der Waals surface area contributed by atoms with Gasteiger partial charge >= 0.3 is 6.09 Å². The molecule has 1 fully saturated rings. The summed E-state index contributed by atoms with van der Waals surface area (Å²) in [4.78, 5) is 24.3. The van der Waals surface area contributed by atoms with E-state index in [0.717, 1.165) is 0 Å². The van der Waals surface area contributed by atoms with Crippen LogP contribution in [-0.4, -0.2) is 53.4 Å². The number of nitrogens with one attached hydrogen (secondary N) is 1. The fourth-order valence-corrected chi connectivity index (χ4v) is 2.32. The van der Waals surface area contributed by atoms with Gasteiger partial charge in [-0.05, 0) is 25.0 Å². The standard InChI is InChI=1S/C14H18N2O5/c1-21-12-7-9(6-11(17)8-12)13(18)15-10-2-4-16(5-3-10)14(19)20/h6-8,10,17H,2-5H2,1H3,(H,15,18)(H,19,20). The van der Waals surface area contributed by atoms with E-state index in [1.165, 1.54) is 24.1 Å². The van der Waals surface area contributed by atoms with E-state index in [1.54, 1.807) is 6.07 Å². The molecule has 21 heavy (non-hydrogen) atoms. The molecule has 1 heterocycles. The number of methoxy groups -OCH3 is 1. The van der Waals surface area contributed by atoms with Crippen molar-refractivity contribution in [2.24, 2.45) is 0 Å². The van der Waals surface area contributed by atoms with Gasteiger partial charge in [-0.1, -0.05) is 0 Å². The molecule has 2 rings (SSSR count). The molecule has 0 atom stereocenters. The van der Waals surface area contributed by atoms with Crippen molar-refractivity contribution in [1.29, 1.82) is 0 Å². The van der Waals surface area contributed by atoms with Crippen LogP contribution in [0.4, 0.5) is 4.79 Å². The first-order chi connectivity index (χ1) is 9.99. The lowest BCUT2D eigenvalue weighted by atomic mass is 10.0. The molecule has 0 bridgehead atoms. The molecule has 1 saturated heterocycles. The lowest BCUT2D eigenvalue weighted by Gasteiger charge is -2.30. The summed E-state index contributed by atoms with van der Waals surface area (Å²) < 4.78 is 5.00. The summed E-state index contributed by atoms with van der Waals surface area (Å²) in [6.45, 7) is 0.813. The molecule has 0 spiro atoms. The van der Waals surface area contributed by atoms with E-state index in [9.17, 15) is 14.7 Å². The Morgan fingerprint density at radius 1 is 1.29 bits per heavy atom. The fourth-order valence-electron chi connectivity index (χ4n) is 2.32. The number of aromatic hydroxyl groups is 1. The molecule has 7 heteroatoms. The third-order valence-electron chi connectivity index (χ3n) is 3.49. The highest BCUT2D eigenvalue weighted by atomic mass is 16.5. The number of nitrogens with zero attached hydrogens (tertiary/aromatic N) is 1. The highest BCUT2D eigenvalue weighted by Gasteiger charge is 2.23. The monoisotopic (exact) mass is 294 g/mol. The molecule has 3 N–H and O–H groups in total. The Morgan fingerprint density at radius 3 is 2.52 bits per heavy atom. The van der Waals surface area contributed by atoms with Gasteiger partial charge in [0.05, 0.1) is 7.11 Å². The number of phenols is 1. The van der Waals surface area contributed by atoms with Gasteiger partial charge in [-0.2, -0.15) is 0 Å². The quantitative estimate of drug-likeness (QED) is 0.779. The number of rotatable bonds is 3. The van der Waals surface area contributed by atoms with Crippen molar-refractivity contribution in [2.45, 2.75) is 18.9 Å². The Labute approximate surface area is 122 Å². The maximum Gasteiger partial charge on any atom is 0.407 e. The molecule has 0 aliphatic carbocycles. The average molecular weight is 294 g/mol. The molecule has 1 aromatic rings. The van der Waals surface area contributed by atoms with E-state index in [2.05, 4.69) is 5.32 Å². The van der Waals surface area contributed by atoms with E-state index >= 15 is 0 Å². The van der Waals surface area contributed by atoms with Crippen LogP contribution < -0.4 is 10.1 Å². The van der Waals surface area contributed by atoms with E-state index in [4.69, 9.17) is 9.84 Å². The number of carbonyl (C=O) groups excluding carboxylic acids is 1. The Balaban J connectivity index is 1.96. The number of likely N-dealkylation sites (tertiary alicyclic amines) is 1. The molecule has 114 valence electrons. The first kappa shape index (κ1) is 15.0. The van der Waals surface area contributed by atoms with E-state index in [1.807, 2.05) is 0 Å². The van der Waals surface area contributed by atoms with Crippen LogP contribution in [0.25, 0.3) is 0 Å². The second-order valence-electron chi connectivity index (χ2n) is 4.94. The summed E-state index contributed by atoms with van der Waals surface area (Å²) in [6.07, 6.45) is 0.222. The number of benzene rings is 1. The van der Waals surface area contributed by atoms with Gasteiger partial charge < -0.3 is 25.2 Å². The van der Waals surface area contributed by atoms with E-state index < -0.39 is 6.09 Å². The molecule has 1 aliphatic rings. The van der Waals surface area contributed by atoms with Crippen LogP contribution in [0.1, 0.15) is 23.2 Å². The summed E-state index contributed by atoms with van der Waals surface area (Å²) in [5, 5.41) is 21.3. The second kappa shape index (κ2) is 6.34. The van der Waals surface area contributed by atoms with Crippen LogP contribution in [0, 0.1) is 0 Å². The number of carboxylic acid groups (broad SMARTS) is 1. The largest absolute Gasteiger partial charge is 0.508 e. The fraction of sp³-hybridized carbons (Fsp3) is 0.429. The first-order valence-electron chi connectivity index (χ1n) is 6.66. The molecule has 0 radical (unpaired) electrons. The summed E-state index contributed by atoms with van der Waals surface area (Å²) in [5.74, 6) is 0.0546. The van der Waals surface area contributed by atoms with Gasteiger partial charge in [0.1, 0.15) is 11.5 Å². The summed E-state index contributed by atoms with van der Waals surface area (Å²) in [7, 11) is 1.46. The number of carbonyl (C=O) groups is 2. The Hall–Kier alpha value is -2.44. The van der Waals surface area contributed by atoms with Gasteiger partial charge in [0.2, 0.25) is 0 Å². The predicted octanol–water partition coefficient (Wildman–Crippen LogP) is 1.27. The second-order valence-corrected chi connectivity index (χ2v) is 4.94. The molecule has 1 aromatic carbocycles. The zero-order valence-electron chi connectivity index (χ0n) is 11.7. The molecule has 0 unspecified atom stereocenters. The highest BCUT2D eigenvalue weighted by molar-refractivity contribution is 5.95. The van der Waals surface area contributed by atoms with Crippen molar-refractivity contribution in [1.82, 2.24) is 10.2 Å². The third-order valence-corrected chi connectivity index (χ3v) is 3.49. The number of amides is 2. The summed E-state index contributed by atoms with van der Waals surface area (Å²) >= 11 is 0.